The minimum absolute atomic E-state index is 0.0603. The van der Waals surface area contributed by atoms with Crippen molar-refractivity contribution in [3.05, 3.63) is 39.2 Å². The molecular weight excluding hydrogens is 303 g/mol. The number of benzene rings is 1. The molecule has 20 heavy (non-hydrogen) atoms. The first-order valence-corrected chi connectivity index (χ1v) is 5.54. The number of azide groups is 1. The zero-order chi connectivity index (χ0) is 15.3. The molecule has 2 N–H and O–H groups in total. The topological polar surface area (TPSA) is 98.5 Å². The van der Waals surface area contributed by atoms with E-state index in [1.165, 1.54) is 0 Å². The van der Waals surface area contributed by atoms with Gasteiger partial charge in [-0.1, -0.05) is 22.8 Å². The van der Waals surface area contributed by atoms with Crippen LogP contribution in [0.2, 0.25) is 5.02 Å². The van der Waals surface area contributed by atoms with Gasteiger partial charge in [0.2, 0.25) is 0 Å². The molecule has 0 aliphatic rings. The van der Waals surface area contributed by atoms with Gasteiger partial charge in [0.05, 0.1) is 17.7 Å². The van der Waals surface area contributed by atoms with Crippen molar-refractivity contribution in [3.8, 4) is 5.75 Å². The van der Waals surface area contributed by atoms with Gasteiger partial charge in [-0.25, -0.2) is 0 Å². The van der Waals surface area contributed by atoms with E-state index in [4.69, 9.17) is 17.1 Å². The molecule has 2 atom stereocenters. The standard InChI is InChI=1S/C10H9ClF3N3O3/c11-6-3-5(9(19)7(18)4-16-17-15)1-2-8(6)20-10(12,13)14/h1-3,7,9,18-19H,4H2. The lowest BCUT2D eigenvalue weighted by atomic mass is 10.0. The van der Waals surface area contributed by atoms with Crippen molar-refractivity contribution in [2.24, 2.45) is 5.11 Å². The summed E-state index contributed by atoms with van der Waals surface area (Å²) >= 11 is 5.59. The summed E-state index contributed by atoms with van der Waals surface area (Å²) in [4.78, 5) is 2.41. The van der Waals surface area contributed by atoms with Crippen molar-refractivity contribution in [3.63, 3.8) is 0 Å². The van der Waals surface area contributed by atoms with Crippen LogP contribution in [0.5, 0.6) is 5.75 Å². The maximum absolute atomic E-state index is 12.0. The number of ether oxygens (including phenoxy) is 1. The average molecular weight is 312 g/mol. The highest BCUT2D eigenvalue weighted by Crippen LogP contribution is 2.32. The van der Waals surface area contributed by atoms with Gasteiger partial charge in [-0.3, -0.25) is 0 Å². The Morgan fingerprint density at radius 1 is 1.40 bits per heavy atom. The molecule has 0 heterocycles. The highest BCUT2D eigenvalue weighted by Gasteiger charge is 2.32. The first-order chi connectivity index (χ1) is 9.24. The molecule has 0 amide bonds. The summed E-state index contributed by atoms with van der Waals surface area (Å²) in [6.45, 7) is -0.393. The molecule has 0 aromatic heterocycles. The van der Waals surface area contributed by atoms with Crippen molar-refractivity contribution in [1.82, 2.24) is 0 Å². The number of aliphatic hydroxyl groups is 2. The second-order valence-corrected chi connectivity index (χ2v) is 4.07. The molecule has 6 nitrogen and oxygen atoms in total. The quantitative estimate of drug-likeness (QED) is 0.497. The molecular formula is C10H9ClF3N3O3. The van der Waals surface area contributed by atoms with Gasteiger partial charge in [-0.15, -0.1) is 13.2 Å². The summed E-state index contributed by atoms with van der Waals surface area (Å²) in [6, 6.07) is 3.04. The lowest BCUT2D eigenvalue weighted by Crippen LogP contribution is -2.21. The molecule has 1 aromatic carbocycles. The predicted octanol–water partition coefficient (Wildman–Crippen LogP) is 2.94. The first kappa shape index (κ1) is 16.4. The van der Waals surface area contributed by atoms with Crippen LogP contribution in [0.4, 0.5) is 13.2 Å². The predicted molar refractivity (Wildman–Crippen MR) is 63.1 cm³/mol. The van der Waals surface area contributed by atoms with E-state index in [0.29, 0.717) is 0 Å². The van der Waals surface area contributed by atoms with E-state index < -0.39 is 30.9 Å². The first-order valence-electron chi connectivity index (χ1n) is 5.17. The van der Waals surface area contributed by atoms with Crippen molar-refractivity contribution < 1.29 is 28.1 Å². The second kappa shape index (κ2) is 6.67. The summed E-state index contributed by atoms with van der Waals surface area (Å²) < 4.78 is 39.7. The van der Waals surface area contributed by atoms with Gasteiger partial charge < -0.3 is 14.9 Å². The fourth-order valence-electron chi connectivity index (χ4n) is 1.35. The number of alkyl halides is 3. The van der Waals surface area contributed by atoms with Gasteiger partial charge >= 0.3 is 6.36 Å². The van der Waals surface area contributed by atoms with Crippen LogP contribution < -0.4 is 4.74 Å². The zero-order valence-electron chi connectivity index (χ0n) is 9.75. The Morgan fingerprint density at radius 3 is 2.55 bits per heavy atom. The number of hydrogen-bond donors (Lipinski definition) is 2. The van der Waals surface area contributed by atoms with Crippen molar-refractivity contribution >= 4 is 11.6 Å². The Bertz CT molecular complexity index is 520. The van der Waals surface area contributed by atoms with E-state index in [0.717, 1.165) is 18.2 Å². The Balaban J connectivity index is 2.88. The van der Waals surface area contributed by atoms with E-state index in [9.17, 15) is 23.4 Å². The molecule has 0 fully saturated rings. The Labute approximate surface area is 116 Å². The highest BCUT2D eigenvalue weighted by atomic mass is 35.5. The van der Waals surface area contributed by atoms with Crippen LogP contribution in [0.15, 0.2) is 23.3 Å². The average Bonchev–Trinajstić information content (AvgIpc) is 2.36. The lowest BCUT2D eigenvalue weighted by molar-refractivity contribution is -0.274. The van der Waals surface area contributed by atoms with Crippen LogP contribution in [-0.2, 0) is 0 Å². The molecule has 2 unspecified atom stereocenters. The van der Waals surface area contributed by atoms with E-state index in [1.807, 2.05) is 0 Å². The van der Waals surface area contributed by atoms with Gasteiger partial charge in [0.1, 0.15) is 11.9 Å². The van der Waals surface area contributed by atoms with E-state index >= 15 is 0 Å². The Kier molecular flexibility index (Phi) is 5.46. The summed E-state index contributed by atoms with van der Waals surface area (Å²) in [6.07, 6.45) is -7.75. The minimum atomic E-state index is -4.88. The van der Waals surface area contributed by atoms with Crippen LogP contribution >= 0.6 is 11.6 Å². The number of halogens is 4. The smallest absolute Gasteiger partial charge is 0.404 e. The fourth-order valence-corrected chi connectivity index (χ4v) is 1.58. The monoisotopic (exact) mass is 311 g/mol. The zero-order valence-corrected chi connectivity index (χ0v) is 10.5. The molecule has 0 bridgehead atoms. The SMILES string of the molecule is [N-]=[N+]=NCC(O)C(O)c1ccc(OC(F)(F)F)c(Cl)c1. The largest absolute Gasteiger partial charge is 0.573 e. The van der Waals surface area contributed by atoms with Gasteiger partial charge in [0, 0.05) is 4.91 Å². The number of aliphatic hydroxyl groups excluding tert-OH is 2. The van der Waals surface area contributed by atoms with E-state index in [1.54, 1.807) is 0 Å². The van der Waals surface area contributed by atoms with Crippen LogP contribution in [0.1, 0.15) is 11.7 Å². The van der Waals surface area contributed by atoms with Crippen molar-refractivity contribution in [2.45, 2.75) is 18.6 Å². The number of rotatable bonds is 5. The summed E-state index contributed by atoms with van der Waals surface area (Å²) in [5.41, 5.74) is 8.14. The van der Waals surface area contributed by atoms with Crippen molar-refractivity contribution in [1.29, 1.82) is 0 Å². The molecule has 0 spiro atoms. The second-order valence-electron chi connectivity index (χ2n) is 3.66. The third-order valence-electron chi connectivity index (χ3n) is 2.22. The van der Waals surface area contributed by atoms with Crippen LogP contribution in [0, 0.1) is 0 Å². The normalized spacial score (nSPS) is 14.3. The third kappa shape index (κ3) is 4.78. The van der Waals surface area contributed by atoms with Crippen LogP contribution in [-0.4, -0.2) is 29.2 Å². The lowest BCUT2D eigenvalue weighted by Gasteiger charge is -2.17. The minimum Gasteiger partial charge on any atom is -0.404 e. The van der Waals surface area contributed by atoms with Gasteiger partial charge in [0.25, 0.3) is 0 Å². The summed E-state index contributed by atoms with van der Waals surface area (Å²) in [5, 5.41) is 21.9. The maximum Gasteiger partial charge on any atom is 0.573 e. The molecule has 1 aromatic rings. The number of nitrogens with zero attached hydrogens (tertiary/aromatic N) is 3. The Hall–Kier alpha value is -1.67. The van der Waals surface area contributed by atoms with Gasteiger partial charge in [-0.2, -0.15) is 0 Å². The Morgan fingerprint density at radius 2 is 2.05 bits per heavy atom. The van der Waals surface area contributed by atoms with Crippen molar-refractivity contribution in [2.75, 3.05) is 6.54 Å². The molecule has 0 saturated heterocycles. The van der Waals surface area contributed by atoms with Gasteiger partial charge in [-0.05, 0) is 23.2 Å². The van der Waals surface area contributed by atoms with E-state index in [-0.39, 0.29) is 10.6 Å². The summed E-state index contributed by atoms with van der Waals surface area (Å²) in [7, 11) is 0. The van der Waals surface area contributed by atoms with Crippen LogP contribution in [0.3, 0.4) is 0 Å². The molecule has 0 aliphatic heterocycles. The molecule has 110 valence electrons. The number of hydrogen-bond acceptors (Lipinski definition) is 4. The third-order valence-corrected chi connectivity index (χ3v) is 2.51. The fraction of sp³-hybridized carbons (Fsp3) is 0.400. The van der Waals surface area contributed by atoms with Crippen LogP contribution in [0.25, 0.3) is 10.4 Å². The van der Waals surface area contributed by atoms with Gasteiger partial charge in [0.15, 0.2) is 0 Å². The molecule has 0 radical (unpaired) electrons. The highest BCUT2D eigenvalue weighted by molar-refractivity contribution is 6.32. The molecule has 0 aliphatic carbocycles. The molecule has 1 rings (SSSR count). The summed E-state index contributed by atoms with van der Waals surface area (Å²) in [5.74, 6) is -0.625. The van der Waals surface area contributed by atoms with E-state index in [2.05, 4.69) is 14.8 Å². The maximum atomic E-state index is 12.0. The molecule has 10 heteroatoms. The molecule has 0 saturated carbocycles.